The van der Waals surface area contributed by atoms with Crippen LogP contribution in [0.5, 0.6) is 0 Å². The Balaban J connectivity index is 1.24. The molecular weight excluding hydrogens is 328 g/mol. The molecule has 3 saturated heterocycles. The van der Waals surface area contributed by atoms with E-state index in [1.807, 2.05) is 0 Å². The molecule has 0 spiro atoms. The molecule has 0 amide bonds. The molecule has 0 saturated carbocycles. The Bertz CT molecular complexity index is 412. The summed E-state index contributed by atoms with van der Waals surface area (Å²) in [6.45, 7) is 11.4. The van der Waals surface area contributed by atoms with E-state index in [-0.39, 0.29) is 5.97 Å². The van der Waals surface area contributed by atoms with Crippen molar-refractivity contribution in [3.05, 3.63) is 0 Å². The number of likely N-dealkylation sites (N-methyl/N-ethyl adjacent to an activating group) is 1. The highest BCUT2D eigenvalue weighted by Crippen LogP contribution is 2.18. The molecule has 6 heteroatoms. The minimum atomic E-state index is -0.0401. The van der Waals surface area contributed by atoms with Gasteiger partial charge in [0.15, 0.2) is 0 Å². The number of piperidine rings is 2. The molecule has 0 aromatic carbocycles. The van der Waals surface area contributed by atoms with Crippen LogP contribution in [0, 0.1) is 0 Å². The third-order valence-corrected chi connectivity index (χ3v) is 6.29. The van der Waals surface area contributed by atoms with Crippen molar-refractivity contribution in [1.29, 1.82) is 0 Å². The molecule has 3 fully saturated rings. The zero-order chi connectivity index (χ0) is 18.2. The van der Waals surface area contributed by atoms with Gasteiger partial charge in [0.2, 0.25) is 0 Å². The quantitative estimate of drug-likeness (QED) is 0.497. The number of carbonyl (C=O) groups is 1. The van der Waals surface area contributed by atoms with E-state index in [9.17, 15) is 4.79 Å². The van der Waals surface area contributed by atoms with Crippen molar-refractivity contribution in [2.75, 3.05) is 79.1 Å². The predicted molar refractivity (Wildman–Crippen MR) is 104 cm³/mol. The van der Waals surface area contributed by atoms with Crippen LogP contribution >= 0.6 is 0 Å². The second kappa shape index (κ2) is 10.6. The average Bonchev–Trinajstić information content (AvgIpc) is 2.67. The summed E-state index contributed by atoms with van der Waals surface area (Å²) in [6, 6.07) is 0.709. The first-order valence-electron chi connectivity index (χ1n) is 10.7. The van der Waals surface area contributed by atoms with Crippen molar-refractivity contribution in [1.82, 2.24) is 19.6 Å². The van der Waals surface area contributed by atoms with Gasteiger partial charge in [-0.3, -0.25) is 14.6 Å². The molecule has 0 atom stereocenters. The van der Waals surface area contributed by atoms with Gasteiger partial charge < -0.3 is 14.5 Å². The van der Waals surface area contributed by atoms with E-state index in [1.54, 1.807) is 0 Å². The third kappa shape index (κ3) is 6.48. The van der Waals surface area contributed by atoms with Crippen LogP contribution < -0.4 is 0 Å². The van der Waals surface area contributed by atoms with Gasteiger partial charge in [0.1, 0.15) is 0 Å². The summed E-state index contributed by atoms with van der Waals surface area (Å²) in [5.41, 5.74) is 0. The van der Waals surface area contributed by atoms with E-state index in [1.165, 1.54) is 71.4 Å². The number of rotatable bonds is 7. The molecule has 3 rings (SSSR count). The van der Waals surface area contributed by atoms with Crippen LogP contribution in [0.1, 0.15) is 38.5 Å². The van der Waals surface area contributed by atoms with Crippen LogP contribution in [0.25, 0.3) is 0 Å². The number of hydrogen-bond donors (Lipinski definition) is 0. The summed E-state index contributed by atoms with van der Waals surface area (Å²) in [5, 5.41) is 0. The molecule has 0 unspecified atom stereocenters. The summed E-state index contributed by atoms with van der Waals surface area (Å²) in [6.07, 6.45) is 7.36. The minimum Gasteiger partial charge on any atom is -0.465 e. The van der Waals surface area contributed by atoms with Gasteiger partial charge in [-0.25, -0.2) is 0 Å². The smallest absolute Gasteiger partial charge is 0.320 e. The molecule has 0 bridgehead atoms. The van der Waals surface area contributed by atoms with Crippen molar-refractivity contribution < 1.29 is 9.53 Å². The van der Waals surface area contributed by atoms with Crippen LogP contribution in [-0.2, 0) is 9.53 Å². The van der Waals surface area contributed by atoms with E-state index in [0.29, 0.717) is 19.2 Å². The zero-order valence-corrected chi connectivity index (χ0v) is 16.7. The Morgan fingerprint density at radius 3 is 2.27 bits per heavy atom. The van der Waals surface area contributed by atoms with Gasteiger partial charge in [-0.05, 0) is 52.2 Å². The normalized spacial score (nSPS) is 25.4. The average molecular weight is 367 g/mol. The molecule has 26 heavy (non-hydrogen) atoms. The first-order chi connectivity index (χ1) is 12.7. The van der Waals surface area contributed by atoms with Crippen molar-refractivity contribution in [3.8, 4) is 0 Å². The molecule has 150 valence electrons. The van der Waals surface area contributed by atoms with E-state index in [2.05, 4.69) is 26.6 Å². The van der Waals surface area contributed by atoms with Gasteiger partial charge in [0.25, 0.3) is 0 Å². The molecule has 0 aromatic heterocycles. The van der Waals surface area contributed by atoms with Gasteiger partial charge in [-0.15, -0.1) is 0 Å². The highest BCUT2D eigenvalue weighted by molar-refractivity contribution is 5.71. The minimum absolute atomic E-state index is 0.0401. The molecule has 3 aliphatic rings. The van der Waals surface area contributed by atoms with Gasteiger partial charge in [0, 0.05) is 51.9 Å². The Labute approximate surface area is 159 Å². The maximum absolute atomic E-state index is 12.1. The highest BCUT2D eigenvalue weighted by atomic mass is 16.5. The standard InChI is InChI=1S/C20H38N4O2/c1-21-13-15-24(16-14-21)19-6-11-23(12-7-19)18-20(25)26-17-5-10-22-8-3-2-4-9-22/h19H,2-18H2,1H3. The fourth-order valence-electron chi connectivity index (χ4n) is 4.52. The number of carbonyl (C=O) groups excluding carboxylic acids is 1. The summed E-state index contributed by atoms with van der Waals surface area (Å²) in [5.74, 6) is -0.0401. The molecule has 6 nitrogen and oxygen atoms in total. The SMILES string of the molecule is CN1CCN(C2CCN(CC(=O)OCCCN3CCCCC3)CC2)CC1. The van der Waals surface area contributed by atoms with Gasteiger partial charge in [0.05, 0.1) is 13.2 Å². The lowest BCUT2D eigenvalue weighted by molar-refractivity contribution is -0.145. The maximum Gasteiger partial charge on any atom is 0.320 e. The fourth-order valence-corrected chi connectivity index (χ4v) is 4.52. The molecule has 3 aliphatic heterocycles. The molecular formula is C20H38N4O2. The Morgan fingerprint density at radius 2 is 1.58 bits per heavy atom. The summed E-state index contributed by atoms with van der Waals surface area (Å²) < 4.78 is 5.47. The topological polar surface area (TPSA) is 39.3 Å². The number of hydrogen-bond acceptors (Lipinski definition) is 6. The number of likely N-dealkylation sites (tertiary alicyclic amines) is 2. The van der Waals surface area contributed by atoms with E-state index in [0.717, 1.165) is 26.1 Å². The zero-order valence-electron chi connectivity index (χ0n) is 16.7. The first kappa shape index (κ1) is 20.1. The van der Waals surface area contributed by atoms with Crippen molar-refractivity contribution in [2.45, 2.75) is 44.6 Å². The summed E-state index contributed by atoms with van der Waals surface area (Å²) in [4.78, 5) is 21.9. The van der Waals surface area contributed by atoms with Crippen molar-refractivity contribution in [3.63, 3.8) is 0 Å². The second-order valence-corrected chi connectivity index (χ2v) is 8.32. The number of ether oxygens (including phenoxy) is 1. The number of nitrogens with zero attached hydrogens (tertiary/aromatic N) is 4. The Kier molecular flexibility index (Phi) is 8.17. The van der Waals surface area contributed by atoms with Crippen LogP contribution in [-0.4, -0.2) is 111 Å². The lowest BCUT2D eigenvalue weighted by Crippen LogP contribution is -2.52. The molecule has 0 aromatic rings. The van der Waals surface area contributed by atoms with E-state index < -0.39 is 0 Å². The Hall–Kier alpha value is -0.690. The number of piperazine rings is 1. The molecule has 3 heterocycles. The molecule has 0 N–H and O–H groups in total. The van der Waals surface area contributed by atoms with Crippen LogP contribution in [0.2, 0.25) is 0 Å². The summed E-state index contributed by atoms with van der Waals surface area (Å²) >= 11 is 0. The third-order valence-electron chi connectivity index (χ3n) is 6.29. The van der Waals surface area contributed by atoms with Gasteiger partial charge in [-0.1, -0.05) is 6.42 Å². The lowest BCUT2D eigenvalue weighted by Gasteiger charge is -2.41. The van der Waals surface area contributed by atoms with Gasteiger partial charge >= 0.3 is 5.97 Å². The van der Waals surface area contributed by atoms with Crippen LogP contribution in [0.15, 0.2) is 0 Å². The van der Waals surface area contributed by atoms with Crippen LogP contribution in [0.4, 0.5) is 0 Å². The largest absolute Gasteiger partial charge is 0.465 e. The maximum atomic E-state index is 12.1. The molecule has 0 aliphatic carbocycles. The van der Waals surface area contributed by atoms with Gasteiger partial charge in [-0.2, -0.15) is 0 Å². The van der Waals surface area contributed by atoms with Crippen LogP contribution in [0.3, 0.4) is 0 Å². The van der Waals surface area contributed by atoms with E-state index >= 15 is 0 Å². The lowest BCUT2D eigenvalue weighted by atomic mass is 10.0. The monoisotopic (exact) mass is 366 g/mol. The summed E-state index contributed by atoms with van der Waals surface area (Å²) in [7, 11) is 2.21. The van der Waals surface area contributed by atoms with Crippen molar-refractivity contribution >= 4 is 5.97 Å². The molecule has 0 radical (unpaired) electrons. The number of esters is 1. The second-order valence-electron chi connectivity index (χ2n) is 8.32. The Morgan fingerprint density at radius 1 is 0.885 bits per heavy atom. The van der Waals surface area contributed by atoms with E-state index in [4.69, 9.17) is 4.74 Å². The first-order valence-corrected chi connectivity index (χ1v) is 10.7. The predicted octanol–water partition coefficient (Wildman–Crippen LogP) is 1.12. The fraction of sp³-hybridized carbons (Fsp3) is 0.950. The van der Waals surface area contributed by atoms with Crippen molar-refractivity contribution in [2.24, 2.45) is 0 Å². The highest BCUT2D eigenvalue weighted by Gasteiger charge is 2.27.